The molecule has 360 valence electrons. The molecule has 0 spiro atoms. The minimum atomic E-state index is -1.69. The summed E-state index contributed by atoms with van der Waals surface area (Å²) in [6.45, 7) is 6.20. The zero-order chi connectivity index (χ0) is 49.3. The Morgan fingerprint density at radius 3 is 2.12 bits per heavy atom. The molecule has 0 fully saturated rings. The highest BCUT2D eigenvalue weighted by Crippen LogP contribution is 2.45. The van der Waals surface area contributed by atoms with Gasteiger partial charge in [0.15, 0.2) is 11.5 Å². The number of hydrogen-bond acceptors (Lipinski definition) is 15. The zero-order valence-electron chi connectivity index (χ0n) is 37.9. The van der Waals surface area contributed by atoms with Gasteiger partial charge in [-0.25, -0.2) is 4.79 Å². The Balaban J connectivity index is 1.61. The number of likely N-dealkylation sites (N-methyl/N-ethyl adjacent to an activating group) is 1. The number of nitrogens with zero attached hydrogens (tertiary/aromatic N) is 3. The van der Waals surface area contributed by atoms with Gasteiger partial charge in [-0.1, -0.05) is 39.0 Å². The van der Waals surface area contributed by atoms with Gasteiger partial charge >= 0.3 is 5.97 Å². The van der Waals surface area contributed by atoms with Crippen molar-refractivity contribution in [3.8, 4) is 34.1 Å². The number of aromatic nitrogens is 2. The monoisotopic (exact) mass is 929 g/mol. The lowest BCUT2D eigenvalue weighted by molar-refractivity contribution is -0.143. The van der Waals surface area contributed by atoms with E-state index in [1.165, 1.54) is 50.5 Å². The fourth-order valence-electron chi connectivity index (χ4n) is 7.16. The second-order valence-corrected chi connectivity index (χ2v) is 17.2. The summed E-state index contributed by atoms with van der Waals surface area (Å²) in [5.74, 6) is -5.73. The number of aromatic hydroxyl groups is 1. The van der Waals surface area contributed by atoms with Crippen LogP contribution in [0, 0.1) is 0 Å². The largest absolute Gasteiger partial charge is 0.504 e. The van der Waals surface area contributed by atoms with Crippen LogP contribution in [0.15, 0.2) is 71.7 Å². The highest BCUT2D eigenvalue weighted by atomic mass is 16.5. The Bertz CT molecular complexity index is 2510. The van der Waals surface area contributed by atoms with Crippen molar-refractivity contribution in [1.82, 2.24) is 30.6 Å². The third-order valence-corrected chi connectivity index (χ3v) is 11.0. The van der Waals surface area contributed by atoms with E-state index in [0.29, 0.717) is 11.3 Å². The van der Waals surface area contributed by atoms with Crippen LogP contribution in [0.5, 0.6) is 17.2 Å². The van der Waals surface area contributed by atoms with Crippen molar-refractivity contribution in [2.24, 2.45) is 17.2 Å². The summed E-state index contributed by atoms with van der Waals surface area (Å²) >= 11 is 0. The maximum absolute atomic E-state index is 14.6. The van der Waals surface area contributed by atoms with Crippen LogP contribution < -0.4 is 48.2 Å². The maximum atomic E-state index is 14.6. The molecule has 3 aromatic carbocycles. The predicted molar refractivity (Wildman–Crippen MR) is 245 cm³/mol. The summed E-state index contributed by atoms with van der Waals surface area (Å²) in [6.07, 6.45) is -1.57. The summed E-state index contributed by atoms with van der Waals surface area (Å²) in [6, 6.07) is 9.33. The van der Waals surface area contributed by atoms with Crippen LogP contribution in [0.25, 0.3) is 16.8 Å². The van der Waals surface area contributed by atoms with Gasteiger partial charge in [0, 0.05) is 43.8 Å². The molecule has 21 nitrogen and oxygen atoms in total. The van der Waals surface area contributed by atoms with E-state index in [0.717, 1.165) is 21.2 Å². The van der Waals surface area contributed by atoms with Gasteiger partial charge in [0.1, 0.15) is 55.3 Å². The number of amides is 4. The molecule has 4 bridgehead atoms. The Kier molecular flexibility index (Phi) is 16.8. The van der Waals surface area contributed by atoms with Crippen molar-refractivity contribution < 1.29 is 53.9 Å². The smallest absolute Gasteiger partial charge is 0.326 e. The normalized spacial score (nSPS) is 17.7. The highest BCUT2D eigenvalue weighted by molar-refractivity contribution is 5.99. The Labute approximate surface area is 386 Å². The van der Waals surface area contributed by atoms with E-state index >= 15 is 0 Å². The van der Waals surface area contributed by atoms with Gasteiger partial charge in [-0.05, 0) is 78.4 Å². The van der Waals surface area contributed by atoms with Crippen LogP contribution in [0.3, 0.4) is 0 Å². The van der Waals surface area contributed by atoms with Crippen molar-refractivity contribution in [3.63, 3.8) is 0 Å². The van der Waals surface area contributed by atoms with E-state index in [1.54, 1.807) is 12.1 Å². The quantitative estimate of drug-likeness (QED) is 0.0682. The molecule has 0 radical (unpaired) electrons. The number of nitrogens with two attached hydrogens (primary N) is 3. The first-order valence-corrected chi connectivity index (χ1v) is 21.5. The van der Waals surface area contributed by atoms with E-state index in [2.05, 4.69) is 41.8 Å². The van der Waals surface area contributed by atoms with Crippen LogP contribution in [0.1, 0.15) is 67.2 Å². The molecule has 13 N–H and O–H groups in total. The van der Waals surface area contributed by atoms with Gasteiger partial charge in [0.2, 0.25) is 17.7 Å². The number of aliphatic hydroxyl groups excluding tert-OH is 2. The van der Waals surface area contributed by atoms with Gasteiger partial charge in [-0.2, -0.15) is 9.78 Å². The molecule has 1 aromatic heterocycles. The maximum Gasteiger partial charge on any atom is 0.326 e. The van der Waals surface area contributed by atoms with E-state index in [9.17, 15) is 49.2 Å². The third-order valence-electron chi connectivity index (χ3n) is 11.0. The molecule has 1 unspecified atom stereocenters. The summed E-state index contributed by atoms with van der Waals surface area (Å²) < 4.78 is 12.9. The number of carboxylic acid groups (broad SMARTS) is 1. The molecular weight excluding hydrogens is 871 g/mol. The molecule has 1 aliphatic heterocycles. The van der Waals surface area contributed by atoms with Crippen LogP contribution >= 0.6 is 0 Å². The van der Waals surface area contributed by atoms with Crippen molar-refractivity contribution >= 4 is 29.6 Å². The van der Waals surface area contributed by atoms with Crippen LogP contribution in [0.4, 0.5) is 0 Å². The van der Waals surface area contributed by atoms with Gasteiger partial charge in [-0.15, -0.1) is 0 Å². The topological polar surface area (TPSA) is 337 Å². The third kappa shape index (κ3) is 12.5. The minimum absolute atomic E-state index is 0.0222. The van der Waals surface area contributed by atoms with Crippen LogP contribution in [0.2, 0.25) is 0 Å². The Morgan fingerprint density at radius 1 is 0.896 bits per heavy atom. The van der Waals surface area contributed by atoms with Crippen molar-refractivity contribution in [3.05, 3.63) is 99.5 Å². The first-order chi connectivity index (χ1) is 31.7. The number of carbonyl (C=O) groups is 5. The fourth-order valence-corrected chi connectivity index (χ4v) is 7.16. The zero-order valence-corrected chi connectivity index (χ0v) is 37.9. The van der Waals surface area contributed by atoms with E-state index in [-0.39, 0.29) is 78.3 Å². The van der Waals surface area contributed by atoms with Gasteiger partial charge in [0.25, 0.3) is 11.5 Å². The molecule has 1 aliphatic rings. The van der Waals surface area contributed by atoms with Gasteiger partial charge in [-0.3, -0.25) is 24.0 Å². The number of ether oxygens (including phenoxy) is 2. The number of carbonyl (C=O) groups excluding carboxylic acids is 4. The summed E-state index contributed by atoms with van der Waals surface area (Å²) in [5, 5.41) is 54.3. The lowest BCUT2D eigenvalue weighted by Gasteiger charge is -2.32. The standard InChI is InChI=1S/C46H59N9O12/c1-24-41(60)53-35(45(64)65)15-25-6-11-36(66-22-30(56)19-48)32(14-25)33-16-26(17-37(40(33)59)67-23-31(57)20-49)39(43(62)51-24)54(5)44(63)34(12-13-47)52-42(61)27-18-38(58)55(50-21-27)29-9-7-28(8-10-29)46(2,3)4/h6-11,14,16-18,21,24,30-31,34-35,39,56-57,59H,12-13,15,19-20,22-23,47-49H2,1-5H3,(H,51,62)(H,52,61)(H,53,60)(H,64,65)/t24-,30+,31+,34-,35?,39-/m0/s1. The number of aliphatic hydroxyl groups is 2. The molecule has 4 aromatic rings. The molecule has 2 heterocycles. The second-order valence-electron chi connectivity index (χ2n) is 17.2. The van der Waals surface area contributed by atoms with Gasteiger partial charge < -0.3 is 68.0 Å². The molecule has 5 rings (SSSR count). The molecular formula is C46H59N9O12. The Morgan fingerprint density at radius 2 is 1.54 bits per heavy atom. The van der Waals surface area contributed by atoms with Crippen molar-refractivity contribution in [2.75, 3.05) is 39.9 Å². The predicted octanol–water partition coefficient (Wildman–Crippen LogP) is -0.423. The second kappa shape index (κ2) is 22.1. The molecule has 67 heavy (non-hydrogen) atoms. The fraction of sp³-hybridized carbons (Fsp3) is 0.413. The number of rotatable bonds is 16. The number of aliphatic carboxylic acids is 1. The number of fused-ring (bicyclic) bond motifs is 5. The van der Waals surface area contributed by atoms with Crippen molar-refractivity contribution in [2.45, 2.75) is 82.3 Å². The first-order valence-electron chi connectivity index (χ1n) is 21.5. The lowest BCUT2D eigenvalue weighted by Crippen LogP contribution is -2.55. The molecule has 0 aliphatic carbocycles. The van der Waals surface area contributed by atoms with Crippen LogP contribution in [-0.2, 0) is 31.0 Å². The molecule has 0 saturated heterocycles. The van der Waals surface area contributed by atoms with Crippen molar-refractivity contribution in [1.29, 1.82) is 0 Å². The van der Waals surface area contributed by atoms with E-state index in [4.69, 9.17) is 26.7 Å². The van der Waals surface area contributed by atoms with E-state index < -0.39 is 83.9 Å². The Hall–Kier alpha value is -6.91. The van der Waals surface area contributed by atoms with E-state index in [1.807, 2.05) is 12.1 Å². The summed E-state index contributed by atoms with van der Waals surface area (Å²) in [5.41, 5.74) is 18.1. The molecule has 4 amide bonds. The van der Waals surface area contributed by atoms with Gasteiger partial charge in [0.05, 0.1) is 17.4 Å². The first kappa shape index (κ1) is 51.1. The average molecular weight is 930 g/mol. The number of phenolic OH excluding ortho intramolecular Hbond substituents is 1. The highest BCUT2D eigenvalue weighted by Gasteiger charge is 2.37. The summed E-state index contributed by atoms with van der Waals surface area (Å²) in [4.78, 5) is 83.1. The molecule has 6 atom stereocenters. The average Bonchev–Trinajstić information content (AvgIpc) is 3.29. The SMILES string of the molecule is C[C@@H]1NC(=O)[C@@H](N(C)C(=O)[C@H](CCN)NC(=O)c2cnn(-c3ccc(C(C)(C)C)cc3)c(=O)c2)c2cc(OC[C@H](O)CN)c(O)c(c2)-c2cc(ccc2OC[C@H](O)CN)CC(C(=O)O)NC1=O. The number of carboxylic acids is 1. The number of benzene rings is 3. The summed E-state index contributed by atoms with van der Waals surface area (Å²) in [7, 11) is 1.25. The number of hydrogen-bond donors (Lipinski definition) is 10. The number of phenols is 1. The minimum Gasteiger partial charge on any atom is -0.504 e. The molecule has 0 saturated carbocycles. The number of nitrogens with one attached hydrogen (secondary N) is 3. The van der Waals surface area contributed by atoms with Crippen LogP contribution in [-0.4, -0.2) is 135 Å². The molecule has 21 heteroatoms. The lowest BCUT2D eigenvalue weighted by atomic mass is 9.87.